The van der Waals surface area contributed by atoms with Crippen LogP contribution < -0.4 is 26.7 Å². The van der Waals surface area contributed by atoms with Crippen molar-refractivity contribution in [3.05, 3.63) is 94.3 Å². The molecule has 1 atom stereocenters. The summed E-state index contributed by atoms with van der Waals surface area (Å²) in [5, 5.41) is 28.0. The van der Waals surface area contributed by atoms with Gasteiger partial charge >= 0.3 is 0 Å². The molecule has 8 nitrogen and oxygen atoms in total. The molecule has 1 aromatic heterocycles. The average Bonchev–Trinajstić information content (AvgIpc) is 2.87. The Bertz CT molecular complexity index is 1380. The van der Waals surface area contributed by atoms with Crippen LogP contribution in [-0.2, 0) is 6.42 Å². The second kappa shape index (κ2) is 11.5. The monoisotopic (exact) mass is 502 g/mol. The topological polar surface area (TPSA) is 133 Å². The molecule has 0 bridgehead atoms. The molecule has 0 saturated carbocycles. The molecule has 7 N–H and O–H groups in total. The number of anilines is 2. The number of benzene rings is 3. The van der Waals surface area contributed by atoms with E-state index in [1.54, 1.807) is 12.1 Å². The number of ether oxygens (including phenoxy) is 1. The van der Waals surface area contributed by atoms with E-state index >= 15 is 0 Å². The molecule has 37 heavy (non-hydrogen) atoms. The van der Waals surface area contributed by atoms with E-state index in [9.17, 15) is 15.0 Å². The third kappa shape index (κ3) is 7.33. The highest BCUT2D eigenvalue weighted by molar-refractivity contribution is 5.87. The number of aliphatic hydroxyl groups is 1. The number of aromatic nitrogens is 1. The molecule has 0 fully saturated rings. The van der Waals surface area contributed by atoms with Crippen molar-refractivity contribution in [3.63, 3.8) is 0 Å². The lowest BCUT2D eigenvalue weighted by Crippen LogP contribution is -2.38. The lowest BCUT2D eigenvalue weighted by atomic mass is 10.0. The number of pyridine rings is 1. The quantitative estimate of drug-likeness (QED) is 0.171. The highest BCUT2D eigenvalue weighted by Gasteiger charge is 2.14. The van der Waals surface area contributed by atoms with E-state index in [1.807, 2.05) is 50.2 Å². The molecule has 0 radical (unpaired) electrons. The molecule has 4 rings (SSSR count). The van der Waals surface area contributed by atoms with Crippen molar-refractivity contribution < 1.29 is 14.9 Å². The summed E-state index contributed by atoms with van der Waals surface area (Å²) in [7, 11) is 0. The van der Waals surface area contributed by atoms with Gasteiger partial charge in [0.05, 0.1) is 11.6 Å². The summed E-state index contributed by atoms with van der Waals surface area (Å²) in [6, 6.07) is 22.2. The van der Waals surface area contributed by atoms with Crippen LogP contribution in [0.25, 0.3) is 10.9 Å². The van der Waals surface area contributed by atoms with Gasteiger partial charge in [-0.05, 0) is 86.5 Å². The fourth-order valence-electron chi connectivity index (χ4n) is 3.96. The second-order valence-electron chi connectivity index (χ2n) is 9.88. The van der Waals surface area contributed by atoms with Gasteiger partial charge in [0.15, 0.2) is 0 Å². The van der Waals surface area contributed by atoms with Gasteiger partial charge in [0.1, 0.15) is 18.1 Å². The van der Waals surface area contributed by atoms with Crippen molar-refractivity contribution in [1.82, 2.24) is 10.3 Å². The first-order valence-electron chi connectivity index (χ1n) is 12.3. The largest absolute Gasteiger partial charge is 0.506 e. The summed E-state index contributed by atoms with van der Waals surface area (Å²) >= 11 is 0. The van der Waals surface area contributed by atoms with Gasteiger partial charge in [-0.3, -0.25) is 4.79 Å². The molecule has 1 heterocycles. The number of nitrogens with two attached hydrogens (primary N) is 1. The minimum atomic E-state index is -0.779. The molecule has 3 aromatic carbocycles. The van der Waals surface area contributed by atoms with Gasteiger partial charge < -0.3 is 36.3 Å². The van der Waals surface area contributed by atoms with Gasteiger partial charge in [-0.25, -0.2) is 0 Å². The number of phenols is 1. The van der Waals surface area contributed by atoms with Crippen LogP contribution in [0.2, 0.25) is 0 Å². The third-order valence-electron chi connectivity index (χ3n) is 5.90. The Labute approximate surface area is 216 Å². The maximum absolute atomic E-state index is 11.6. The van der Waals surface area contributed by atoms with Crippen LogP contribution in [0.1, 0.15) is 31.1 Å². The molecule has 194 valence electrons. The Morgan fingerprint density at radius 2 is 1.65 bits per heavy atom. The van der Waals surface area contributed by atoms with E-state index in [1.165, 1.54) is 17.7 Å². The number of aromatic amines is 1. The van der Waals surface area contributed by atoms with Crippen molar-refractivity contribution in [1.29, 1.82) is 0 Å². The normalized spacial score (nSPS) is 12.4. The Morgan fingerprint density at radius 1 is 0.973 bits per heavy atom. The van der Waals surface area contributed by atoms with Crippen LogP contribution in [0, 0.1) is 0 Å². The van der Waals surface area contributed by atoms with Crippen LogP contribution in [0.15, 0.2) is 77.6 Å². The number of hydrogen-bond donors (Lipinski definition) is 6. The highest BCUT2D eigenvalue weighted by Crippen LogP contribution is 2.28. The predicted octanol–water partition coefficient (Wildman–Crippen LogP) is 3.96. The van der Waals surface area contributed by atoms with E-state index in [-0.39, 0.29) is 16.8 Å². The summed E-state index contributed by atoms with van der Waals surface area (Å²) in [5.41, 5.74) is 9.39. The first-order valence-corrected chi connectivity index (χ1v) is 12.3. The third-order valence-corrected chi connectivity index (χ3v) is 5.90. The molecule has 0 amide bonds. The molecule has 8 heteroatoms. The zero-order valence-electron chi connectivity index (χ0n) is 21.1. The van der Waals surface area contributed by atoms with E-state index in [4.69, 9.17) is 10.5 Å². The van der Waals surface area contributed by atoms with Gasteiger partial charge in [-0.1, -0.05) is 18.2 Å². The van der Waals surface area contributed by atoms with Gasteiger partial charge in [0.2, 0.25) is 5.56 Å². The first kappa shape index (κ1) is 26.2. The number of fused-ring (bicyclic) bond motifs is 1. The number of rotatable bonds is 11. The lowest BCUT2D eigenvalue weighted by molar-refractivity contribution is 0.176. The Kier molecular flexibility index (Phi) is 8.13. The maximum atomic E-state index is 11.6. The fourth-order valence-corrected chi connectivity index (χ4v) is 3.96. The lowest BCUT2D eigenvalue weighted by Gasteiger charge is -2.19. The molecular weight excluding hydrogens is 468 g/mol. The highest BCUT2D eigenvalue weighted by atomic mass is 16.5. The second-order valence-corrected chi connectivity index (χ2v) is 9.88. The summed E-state index contributed by atoms with van der Waals surface area (Å²) in [4.78, 5) is 14.2. The first-order chi connectivity index (χ1) is 17.7. The summed E-state index contributed by atoms with van der Waals surface area (Å²) in [6.07, 6.45) is 0.0272. The average molecular weight is 503 g/mol. The minimum Gasteiger partial charge on any atom is -0.506 e. The van der Waals surface area contributed by atoms with Crippen molar-refractivity contribution in [2.45, 2.75) is 31.9 Å². The van der Waals surface area contributed by atoms with Crippen molar-refractivity contribution in [3.8, 4) is 11.5 Å². The number of nitrogens with one attached hydrogen (secondary N) is 3. The molecule has 0 spiro atoms. The van der Waals surface area contributed by atoms with Gasteiger partial charge in [0, 0.05) is 34.9 Å². The summed E-state index contributed by atoms with van der Waals surface area (Å²) in [5.74, 6) is 0.762. The van der Waals surface area contributed by atoms with Gasteiger partial charge in [-0.2, -0.15) is 0 Å². The van der Waals surface area contributed by atoms with Gasteiger partial charge in [-0.15, -0.1) is 0 Å². The van der Waals surface area contributed by atoms with Crippen molar-refractivity contribution >= 4 is 22.3 Å². The SMILES string of the molecule is CC(C)(N)COc1ccc(Nc2ccc(CCNCC(O)c3ccc(O)c4[nH]c(=O)ccc34)cc2)cc1. The molecule has 1 unspecified atom stereocenters. The van der Waals surface area contributed by atoms with Crippen molar-refractivity contribution in [2.75, 3.05) is 25.0 Å². The van der Waals surface area contributed by atoms with Crippen LogP contribution in [0.5, 0.6) is 11.5 Å². The smallest absolute Gasteiger partial charge is 0.248 e. The predicted molar refractivity (Wildman–Crippen MR) is 148 cm³/mol. The van der Waals surface area contributed by atoms with E-state index in [2.05, 4.69) is 27.8 Å². The molecular formula is C29H34N4O4. The van der Waals surface area contributed by atoms with Crippen LogP contribution in [0.3, 0.4) is 0 Å². The summed E-state index contributed by atoms with van der Waals surface area (Å²) in [6.45, 7) is 5.34. The Morgan fingerprint density at radius 3 is 2.32 bits per heavy atom. The maximum Gasteiger partial charge on any atom is 0.248 e. The molecule has 0 aliphatic rings. The Balaban J connectivity index is 1.25. The number of H-pyrrole nitrogens is 1. The summed E-state index contributed by atoms with van der Waals surface area (Å²) < 4.78 is 5.71. The molecule has 4 aromatic rings. The number of aliphatic hydroxyl groups excluding tert-OH is 1. The van der Waals surface area contributed by atoms with E-state index in [0.717, 1.165) is 23.5 Å². The standard InChI is InChI=1S/C29H34N4O4/c1-29(2,30)18-37-22-9-7-21(8-10-22)32-20-5-3-19(4-6-20)15-16-31-17-26(35)23-11-13-25(34)28-24(23)12-14-27(36)33-28/h3-14,26,31-32,34-35H,15-18,30H2,1-2H3,(H,33,36). The van der Waals surface area contributed by atoms with E-state index in [0.29, 0.717) is 36.2 Å². The minimum absolute atomic E-state index is 0.0211. The van der Waals surface area contributed by atoms with Gasteiger partial charge in [0.25, 0.3) is 0 Å². The zero-order chi connectivity index (χ0) is 26.4. The van der Waals surface area contributed by atoms with Crippen LogP contribution in [0.4, 0.5) is 11.4 Å². The number of phenolic OH excluding ortho intramolecular Hbond substituents is 1. The molecule has 0 aliphatic carbocycles. The molecule has 0 aliphatic heterocycles. The fraction of sp³-hybridized carbons (Fsp3) is 0.276. The van der Waals surface area contributed by atoms with E-state index < -0.39 is 6.10 Å². The van der Waals surface area contributed by atoms with Crippen LogP contribution in [-0.4, -0.2) is 40.4 Å². The zero-order valence-corrected chi connectivity index (χ0v) is 21.1. The van der Waals surface area contributed by atoms with Crippen molar-refractivity contribution in [2.24, 2.45) is 5.73 Å². The number of aromatic hydroxyl groups is 1. The molecule has 0 saturated heterocycles. The number of hydrogen-bond acceptors (Lipinski definition) is 7. The van der Waals surface area contributed by atoms with Crippen LogP contribution >= 0.6 is 0 Å². The Hall–Kier alpha value is -3.85.